The van der Waals surface area contributed by atoms with E-state index in [2.05, 4.69) is 136 Å². The Morgan fingerprint density at radius 2 is 1.70 bits per heavy atom. The van der Waals surface area contributed by atoms with Gasteiger partial charge in [-0.3, -0.25) is 0 Å². The average Bonchev–Trinajstić information content (AvgIpc) is 3.66. The zero-order valence-corrected chi connectivity index (χ0v) is 26.8. The number of allylic oxidation sites excluding steroid dienone is 2. The number of benzene rings is 4. The van der Waals surface area contributed by atoms with E-state index in [0.29, 0.717) is 5.56 Å². The maximum Gasteiger partial charge on any atom is 0.135 e. The van der Waals surface area contributed by atoms with Gasteiger partial charge in [-0.1, -0.05) is 107 Å². The van der Waals surface area contributed by atoms with Crippen LogP contribution in [-0.4, -0.2) is 4.57 Å². The summed E-state index contributed by atoms with van der Waals surface area (Å²) in [6, 6.07) is 32.2. The Bertz CT molecular complexity index is 2350. The molecular weight excluding hydrogens is 560 g/mol. The van der Waals surface area contributed by atoms with Gasteiger partial charge in [0.05, 0.1) is 28.5 Å². The van der Waals surface area contributed by atoms with E-state index in [1.54, 1.807) is 0 Å². The largest absolute Gasteiger partial charge is 0.456 e. The molecule has 0 bridgehead atoms. The lowest BCUT2D eigenvalue weighted by Crippen LogP contribution is -2.31. The average molecular weight is 597 g/mol. The number of nitriles is 1. The fraction of sp³-hybridized carbons (Fsp3) is 0.186. The van der Waals surface area contributed by atoms with E-state index in [4.69, 9.17) is 4.42 Å². The Labute approximate surface area is 270 Å². The molecule has 0 N–H and O–H groups in total. The Kier molecular flexibility index (Phi) is 6.18. The summed E-state index contributed by atoms with van der Waals surface area (Å²) in [5.41, 5.74) is 12.7. The van der Waals surface area contributed by atoms with E-state index < -0.39 is 0 Å². The number of rotatable bonds is 5. The molecule has 0 saturated carbocycles. The Morgan fingerprint density at radius 1 is 0.935 bits per heavy atom. The van der Waals surface area contributed by atoms with Gasteiger partial charge < -0.3 is 8.98 Å². The van der Waals surface area contributed by atoms with Crippen LogP contribution in [0.25, 0.3) is 56.9 Å². The Hall–Kier alpha value is -5.33. The molecule has 2 aromatic heterocycles. The minimum atomic E-state index is -0.151. The van der Waals surface area contributed by atoms with Crippen LogP contribution in [0.1, 0.15) is 73.4 Å². The van der Waals surface area contributed by atoms with Crippen molar-refractivity contribution in [3.05, 3.63) is 142 Å². The number of aromatic nitrogens is 1. The first-order chi connectivity index (χ1) is 22.3. The van der Waals surface area contributed by atoms with Crippen molar-refractivity contribution in [1.82, 2.24) is 4.57 Å². The topological polar surface area (TPSA) is 41.9 Å². The molecule has 0 saturated heterocycles. The predicted molar refractivity (Wildman–Crippen MR) is 191 cm³/mol. The summed E-state index contributed by atoms with van der Waals surface area (Å²) in [4.78, 5) is 0. The molecule has 46 heavy (non-hydrogen) atoms. The van der Waals surface area contributed by atoms with Crippen molar-refractivity contribution in [2.75, 3.05) is 0 Å². The monoisotopic (exact) mass is 596 g/mol. The molecule has 8 rings (SSSR count). The highest BCUT2D eigenvalue weighted by Gasteiger charge is 2.51. The van der Waals surface area contributed by atoms with Crippen molar-refractivity contribution >= 4 is 40.1 Å². The summed E-state index contributed by atoms with van der Waals surface area (Å²) in [6.07, 6.45) is 10.4. The summed E-state index contributed by atoms with van der Waals surface area (Å²) in [5, 5.41) is 12.8. The third kappa shape index (κ3) is 3.71. The van der Waals surface area contributed by atoms with Crippen LogP contribution in [-0.2, 0) is 17.3 Å². The van der Waals surface area contributed by atoms with E-state index in [9.17, 15) is 5.26 Å². The first kappa shape index (κ1) is 28.2. The molecule has 1 atom stereocenters. The standard InChI is InChI=1S/C43H36N2O/c1-6-8-16-28-29-17-9-12-21-35(29)45(34(28)7-2)36-22-13-15-27(26-44)40(36)30-18-14-23-37-41(30)31-25-43(5)33-20-11-10-19-32(33)42(3,4)39(43)24-38(31)46-37/h7-24H,2,6,25H2,1,3-5H3/b16-8-. The number of nitrogens with zero attached hydrogens (tertiary/aromatic N) is 2. The molecular formula is C43H36N2O. The number of hydrogen-bond donors (Lipinski definition) is 0. The van der Waals surface area contributed by atoms with Gasteiger partial charge >= 0.3 is 0 Å². The molecule has 224 valence electrons. The first-order valence-electron chi connectivity index (χ1n) is 16.2. The highest BCUT2D eigenvalue weighted by atomic mass is 16.3. The highest BCUT2D eigenvalue weighted by Crippen LogP contribution is 2.59. The molecule has 2 aliphatic carbocycles. The fourth-order valence-electron chi connectivity index (χ4n) is 8.49. The van der Waals surface area contributed by atoms with E-state index >= 15 is 0 Å². The third-order valence-corrected chi connectivity index (χ3v) is 10.5. The quantitative estimate of drug-likeness (QED) is 0.199. The van der Waals surface area contributed by atoms with Gasteiger partial charge in [0.1, 0.15) is 11.3 Å². The van der Waals surface area contributed by atoms with Crippen LogP contribution in [0.4, 0.5) is 0 Å². The lowest BCUT2D eigenvalue weighted by Gasteiger charge is -2.35. The second-order valence-electron chi connectivity index (χ2n) is 13.3. The van der Waals surface area contributed by atoms with Gasteiger partial charge in [-0.2, -0.15) is 5.26 Å². The van der Waals surface area contributed by atoms with Crippen LogP contribution >= 0.6 is 0 Å². The van der Waals surface area contributed by atoms with Crippen molar-refractivity contribution in [1.29, 1.82) is 5.26 Å². The highest BCUT2D eigenvalue weighted by molar-refractivity contribution is 6.04. The maximum atomic E-state index is 10.6. The smallest absolute Gasteiger partial charge is 0.135 e. The zero-order chi connectivity index (χ0) is 31.8. The second-order valence-corrected chi connectivity index (χ2v) is 13.3. The summed E-state index contributed by atoms with van der Waals surface area (Å²) in [7, 11) is 0. The predicted octanol–water partition coefficient (Wildman–Crippen LogP) is 11.2. The van der Waals surface area contributed by atoms with Crippen molar-refractivity contribution in [3.8, 4) is 22.9 Å². The van der Waals surface area contributed by atoms with Gasteiger partial charge in [0.25, 0.3) is 0 Å². The van der Waals surface area contributed by atoms with Crippen molar-refractivity contribution in [2.24, 2.45) is 0 Å². The number of para-hydroxylation sites is 1. The minimum absolute atomic E-state index is 0.0914. The van der Waals surface area contributed by atoms with Crippen molar-refractivity contribution in [3.63, 3.8) is 0 Å². The van der Waals surface area contributed by atoms with E-state index in [1.165, 1.54) is 22.3 Å². The van der Waals surface area contributed by atoms with Crippen LogP contribution < -0.4 is 0 Å². The van der Waals surface area contributed by atoms with Gasteiger partial charge in [-0.25, -0.2) is 0 Å². The molecule has 1 unspecified atom stereocenters. The van der Waals surface area contributed by atoms with Gasteiger partial charge in [0.15, 0.2) is 0 Å². The second kappa shape index (κ2) is 10.1. The molecule has 6 aromatic rings. The van der Waals surface area contributed by atoms with Crippen LogP contribution in [0, 0.1) is 11.3 Å². The molecule has 2 heterocycles. The minimum Gasteiger partial charge on any atom is -0.456 e. The Morgan fingerprint density at radius 3 is 2.48 bits per heavy atom. The summed E-state index contributed by atoms with van der Waals surface area (Å²) in [5.74, 6) is 0.928. The van der Waals surface area contributed by atoms with Crippen LogP contribution in [0.3, 0.4) is 0 Å². The van der Waals surface area contributed by atoms with Crippen LogP contribution in [0.2, 0.25) is 0 Å². The molecule has 0 amide bonds. The van der Waals surface area contributed by atoms with E-state index in [1.807, 2.05) is 18.2 Å². The zero-order valence-electron chi connectivity index (χ0n) is 26.8. The Balaban J connectivity index is 1.43. The molecule has 0 radical (unpaired) electrons. The molecule has 2 aliphatic rings. The fourth-order valence-corrected chi connectivity index (χ4v) is 8.49. The van der Waals surface area contributed by atoms with Crippen LogP contribution in [0.15, 0.2) is 108 Å². The lowest BCUT2D eigenvalue weighted by atomic mass is 9.68. The number of furan rings is 1. The van der Waals surface area contributed by atoms with E-state index in [0.717, 1.165) is 68.5 Å². The van der Waals surface area contributed by atoms with Gasteiger partial charge in [-0.15, -0.1) is 0 Å². The summed E-state index contributed by atoms with van der Waals surface area (Å²) in [6.45, 7) is 13.5. The molecule has 4 aromatic carbocycles. The SMILES string of the molecule is C=Cc1c(/C=C\CC)c2ccccc2n1-c1cccc(C#N)c1-c1cccc2oc3c(c12)CC1(C)C(=C3)C(C)(C)c2ccccc21. The number of fused-ring (bicyclic) bond motifs is 7. The van der Waals surface area contributed by atoms with Gasteiger partial charge in [-0.05, 0) is 71.5 Å². The van der Waals surface area contributed by atoms with Crippen molar-refractivity contribution < 1.29 is 4.42 Å². The molecule has 3 nitrogen and oxygen atoms in total. The summed E-state index contributed by atoms with van der Waals surface area (Å²) < 4.78 is 8.96. The van der Waals surface area contributed by atoms with Crippen LogP contribution in [0.5, 0.6) is 0 Å². The van der Waals surface area contributed by atoms with Crippen molar-refractivity contribution in [2.45, 2.75) is 51.4 Å². The maximum absolute atomic E-state index is 10.6. The van der Waals surface area contributed by atoms with Gasteiger partial charge in [0, 0.05) is 38.3 Å². The molecule has 3 heteroatoms. The molecule has 0 aliphatic heterocycles. The molecule has 0 spiro atoms. The third-order valence-electron chi connectivity index (χ3n) is 10.5. The normalized spacial score (nSPS) is 17.9. The van der Waals surface area contributed by atoms with E-state index in [-0.39, 0.29) is 10.8 Å². The molecule has 0 fully saturated rings. The number of hydrogen-bond acceptors (Lipinski definition) is 2. The first-order valence-corrected chi connectivity index (χ1v) is 16.2. The summed E-state index contributed by atoms with van der Waals surface area (Å²) >= 11 is 0. The lowest BCUT2D eigenvalue weighted by molar-refractivity contribution is 0.493. The van der Waals surface area contributed by atoms with Gasteiger partial charge in [0.2, 0.25) is 0 Å².